The highest BCUT2D eigenvalue weighted by atomic mass is 32.1. The minimum Gasteiger partial charge on any atom is -0.455 e. The lowest BCUT2D eigenvalue weighted by atomic mass is 9.94. The zero-order chi connectivity index (χ0) is 42.1. The van der Waals surface area contributed by atoms with Crippen LogP contribution in [-0.4, -0.2) is 19.9 Å². The number of rotatable bonds is 6. The normalized spacial score (nSPS) is 11.8. The largest absolute Gasteiger partial charge is 0.455 e. The van der Waals surface area contributed by atoms with Crippen LogP contribution in [0.15, 0.2) is 211 Å². The molecule has 0 bridgehead atoms. The van der Waals surface area contributed by atoms with E-state index in [2.05, 4.69) is 164 Å². The van der Waals surface area contributed by atoms with Crippen LogP contribution >= 0.6 is 11.3 Å². The molecule has 5 nitrogen and oxygen atoms in total. The molecule has 0 unspecified atom stereocenters. The number of thiophene rings is 1. The lowest BCUT2D eigenvalue weighted by Gasteiger charge is -2.14. The minimum atomic E-state index is 0.601. The number of para-hydroxylation sites is 2. The van der Waals surface area contributed by atoms with Crippen LogP contribution in [0, 0.1) is 0 Å². The summed E-state index contributed by atoms with van der Waals surface area (Å²) in [7, 11) is 0. The molecule has 0 aliphatic rings. The molecule has 64 heavy (non-hydrogen) atoms. The number of fused-ring (bicyclic) bond motifs is 9. The van der Waals surface area contributed by atoms with Crippen molar-refractivity contribution in [2.75, 3.05) is 0 Å². The Bertz CT molecular complexity index is 3960. The molecule has 0 amide bonds. The van der Waals surface area contributed by atoms with E-state index >= 15 is 0 Å². The Morgan fingerprint density at radius 3 is 1.80 bits per heavy atom. The number of furan rings is 1. The third-order valence-electron chi connectivity index (χ3n) is 12.3. The van der Waals surface area contributed by atoms with Crippen LogP contribution in [0.3, 0.4) is 0 Å². The Labute approximate surface area is 371 Å². The molecular formula is C58H34N4OS. The molecule has 0 atom stereocenters. The van der Waals surface area contributed by atoms with Gasteiger partial charge in [0.2, 0.25) is 0 Å². The summed E-state index contributed by atoms with van der Waals surface area (Å²) in [5, 5.41) is 8.21. The van der Waals surface area contributed by atoms with Gasteiger partial charge in [-0.2, -0.15) is 0 Å². The number of pyridine rings is 1. The van der Waals surface area contributed by atoms with Gasteiger partial charge in [0, 0.05) is 59.4 Å². The molecule has 0 saturated carbocycles. The lowest BCUT2D eigenvalue weighted by molar-refractivity contribution is 0.670. The average Bonchev–Trinajstić information content (AvgIpc) is 3.95. The molecule has 298 valence electrons. The molecule has 4 aromatic heterocycles. The number of hydrogen-bond donors (Lipinski definition) is 0. The van der Waals surface area contributed by atoms with Crippen molar-refractivity contribution in [2.45, 2.75) is 0 Å². The first-order valence-electron chi connectivity index (χ1n) is 21.4. The van der Waals surface area contributed by atoms with Crippen LogP contribution in [0.4, 0.5) is 0 Å². The first-order valence-corrected chi connectivity index (χ1v) is 22.2. The second-order valence-corrected chi connectivity index (χ2v) is 17.2. The van der Waals surface area contributed by atoms with Crippen molar-refractivity contribution in [1.82, 2.24) is 19.9 Å². The molecule has 0 aliphatic heterocycles. The second-order valence-electron chi connectivity index (χ2n) is 16.1. The van der Waals surface area contributed by atoms with Crippen LogP contribution in [0.25, 0.3) is 131 Å². The molecule has 13 aromatic rings. The Hall–Kier alpha value is -8.32. The minimum absolute atomic E-state index is 0.601. The molecule has 0 saturated heterocycles. The van der Waals surface area contributed by atoms with E-state index in [1.807, 2.05) is 53.8 Å². The maximum absolute atomic E-state index is 6.38. The molecule has 0 N–H and O–H groups in total. The van der Waals surface area contributed by atoms with Gasteiger partial charge in [-0.15, -0.1) is 11.3 Å². The van der Waals surface area contributed by atoms with E-state index in [0.717, 1.165) is 83.0 Å². The van der Waals surface area contributed by atoms with Gasteiger partial charge >= 0.3 is 0 Å². The van der Waals surface area contributed by atoms with Gasteiger partial charge in [-0.3, -0.25) is 0 Å². The zero-order valence-corrected chi connectivity index (χ0v) is 35.1. The van der Waals surface area contributed by atoms with Gasteiger partial charge in [0.05, 0.1) is 15.9 Å². The van der Waals surface area contributed by atoms with Gasteiger partial charge in [0.1, 0.15) is 11.2 Å². The number of aromatic nitrogens is 4. The summed E-state index contributed by atoms with van der Waals surface area (Å²) < 4.78 is 8.81. The van der Waals surface area contributed by atoms with Gasteiger partial charge in [-0.1, -0.05) is 182 Å². The predicted octanol–water partition coefficient (Wildman–Crippen LogP) is 15.8. The molecule has 0 aliphatic carbocycles. The van der Waals surface area contributed by atoms with Crippen molar-refractivity contribution in [3.8, 4) is 67.7 Å². The first kappa shape index (κ1) is 36.3. The fraction of sp³-hybridized carbons (Fsp3) is 0. The molecule has 0 radical (unpaired) electrons. The standard InChI is InChI=1S/C58H34N4OS/c1-2-15-37(16-3-1)56-60-57(38-32-30-36(31-33-38)43-24-12-26-46-44-21-6-8-28-49(44)63-54(43)46)62-58(61-56)40-19-10-18-39(34-40)42-23-13-27-48-51(42)52-47-22-7-9-29-50(47)64-55(52)53(59-48)45-25-11-17-35-14-4-5-20-41(35)45/h1-34H. The summed E-state index contributed by atoms with van der Waals surface area (Å²) in [6.07, 6.45) is 0. The van der Waals surface area contributed by atoms with Gasteiger partial charge in [-0.05, 0) is 51.7 Å². The highest BCUT2D eigenvalue weighted by molar-refractivity contribution is 7.26. The van der Waals surface area contributed by atoms with Crippen LogP contribution in [0.1, 0.15) is 0 Å². The van der Waals surface area contributed by atoms with E-state index in [1.165, 1.54) is 30.9 Å². The SMILES string of the molecule is c1ccc(-c2nc(-c3ccc(-c4cccc5c4oc4ccccc45)cc3)nc(-c3cccc(-c4cccc5nc(-c6cccc7ccccc67)c6sc7ccccc7c6c45)c3)n2)cc1. The van der Waals surface area contributed by atoms with Crippen molar-refractivity contribution in [3.63, 3.8) is 0 Å². The van der Waals surface area contributed by atoms with E-state index in [1.54, 1.807) is 0 Å². The summed E-state index contributed by atoms with van der Waals surface area (Å²) in [6, 6.07) is 72.0. The summed E-state index contributed by atoms with van der Waals surface area (Å²) in [5.41, 5.74) is 11.9. The summed E-state index contributed by atoms with van der Waals surface area (Å²) in [4.78, 5) is 20.9. The molecule has 9 aromatic carbocycles. The lowest BCUT2D eigenvalue weighted by Crippen LogP contribution is -2.00. The van der Waals surface area contributed by atoms with Crippen molar-refractivity contribution < 1.29 is 4.42 Å². The third kappa shape index (κ3) is 5.92. The maximum Gasteiger partial charge on any atom is 0.164 e. The van der Waals surface area contributed by atoms with E-state index in [-0.39, 0.29) is 0 Å². The van der Waals surface area contributed by atoms with Gasteiger partial charge < -0.3 is 4.42 Å². The van der Waals surface area contributed by atoms with Crippen molar-refractivity contribution in [2.24, 2.45) is 0 Å². The number of hydrogen-bond acceptors (Lipinski definition) is 6. The van der Waals surface area contributed by atoms with Crippen LogP contribution < -0.4 is 0 Å². The highest BCUT2D eigenvalue weighted by Crippen LogP contribution is 2.47. The topological polar surface area (TPSA) is 64.7 Å². The average molecular weight is 835 g/mol. The van der Waals surface area contributed by atoms with Gasteiger partial charge in [0.15, 0.2) is 17.5 Å². The zero-order valence-electron chi connectivity index (χ0n) is 34.2. The van der Waals surface area contributed by atoms with E-state index in [4.69, 9.17) is 24.4 Å². The van der Waals surface area contributed by atoms with Crippen molar-refractivity contribution in [3.05, 3.63) is 206 Å². The summed E-state index contributed by atoms with van der Waals surface area (Å²) in [5.74, 6) is 1.82. The smallest absolute Gasteiger partial charge is 0.164 e. The number of nitrogens with zero attached hydrogens (tertiary/aromatic N) is 4. The fourth-order valence-electron chi connectivity index (χ4n) is 9.33. The van der Waals surface area contributed by atoms with Gasteiger partial charge in [-0.25, -0.2) is 19.9 Å². The van der Waals surface area contributed by atoms with Crippen LogP contribution in [0.2, 0.25) is 0 Å². The van der Waals surface area contributed by atoms with Gasteiger partial charge in [0.25, 0.3) is 0 Å². The van der Waals surface area contributed by atoms with E-state index in [9.17, 15) is 0 Å². The highest BCUT2D eigenvalue weighted by Gasteiger charge is 2.21. The molecule has 13 rings (SSSR count). The monoisotopic (exact) mass is 834 g/mol. The second kappa shape index (κ2) is 14.7. The molecule has 0 spiro atoms. The fourth-order valence-corrected chi connectivity index (χ4v) is 10.5. The van der Waals surface area contributed by atoms with Crippen molar-refractivity contribution >= 4 is 75.1 Å². The molecule has 4 heterocycles. The molecule has 6 heteroatoms. The van der Waals surface area contributed by atoms with Crippen molar-refractivity contribution in [1.29, 1.82) is 0 Å². The summed E-state index contributed by atoms with van der Waals surface area (Å²) >= 11 is 1.82. The van der Waals surface area contributed by atoms with E-state index in [0.29, 0.717) is 17.5 Å². The summed E-state index contributed by atoms with van der Waals surface area (Å²) in [6.45, 7) is 0. The Morgan fingerprint density at radius 1 is 0.359 bits per heavy atom. The molecular weight excluding hydrogens is 801 g/mol. The Morgan fingerprint density at radius 2 is 0.938 bits per heavy atom. The Balaban J connectivity index is 0.955. The van der Waals surface area contributed by atoms with Crippen LogP contribution in [0.5, 0.6) is 0 Å². The quantitative estimate of drug-likeness (QED) is 0.167. The molecule has 0 fully saturated rings. The van der Waals surface area contributed by atoms with Crippen LogP contribution in [-0.2, 0) is 0 Å². The Kier molecular flexibility index (Phi) is 8.32. The third-order valence-corrected chi connectivity index (χ3v) is 13.5. The maximum atomic E-state index is 6.38. The predicted molar refractivity (Wildman–Crippen MR) is 265 cm³/mol. The van der Waals surface area contributed by atoms with E-state index < -0.39 is 0 Å². The first-order chi connectivity index (χ1) is 31.7. The number of benzene rings is 9.